The van der Waals surface area contributed by atoms with Crippen molar-refractivity contribution in [3.05, 3.63) is 64.0 Å². The summed E-state index contributed by atoms with van der Waals surface area (Å²) in [5.74, 6) is -0.182. The molecular weight excluding hydrogens is 318 g/mol. The van der Waals surface area contributed by atoms with Crippen LogP contribution in [-0.2, 0) is 0 Å². The minimum absolute atomic E-state index is 0.182. The Morgan fingerprint density at radius 3 is 2.33 bits per heavy atom. The number of nitrogens with one attached hydrogen (secondary N) is 1. The summed E-state index contributed by atoms with van der Waals surface area (Å²) in [6.45, 7) is 6.03. The maximum atomic E-state index is 12.8. The summed E-state index contributed by atoms with van der Waals surface area (Å²) in [6, 6.07) is 13.7. The van der Waals surface area contributed by atoms with Crippen LogP contribution in [0.1, 0.15) is 26.4 Å². The first-order chi connectivity index (χ1) is 11.5. The number of nitrogens with two attached hydrogens (primary N) is 1. The number of rotatable bonds is 3. The number of amides is 1. The van der Waals surface area contributed by atoms with Crippen LogP contribution in [-0.4, -0.2) is 10.9 Å². The Morgan fingerprint density at radius 1 is 1.08 bits per heavy atom. The van der Waals surface area contributed by atoms with Gasteiger partial charge < -0.3 is 11.1 Å². The molecule has 1 heterocycles. The molecule has 0 aliphatic heterocycles. The summed E-state index contributed by atoms with van der Waals surface area (Å²) in [5, 5.41) is 3.41. The molecule has 5 heteroatoms. The van der Waals surface area contributed by atoms with E-state index >= 15 is 0 Å². The highest BCUT2D eigenvalue weighted by molar-refractivity contribution is 7.17. The zero-order valence-electron chi connectivity index (χ0n) is 13.9. The second kappa shape index (κ2) is 6.45. The molecule has 0 aliphatic rings. The van der Waals surface area contributed by atoms with Gasteiger partial charge in [-0.05, 0) is 31.9 Å². The number of nitrogens with zero attached hydrogens (tertiary/aromatic N) is 1. The van der Waals surface area contributed by atoms with Crippen molar-refractivity contribution in [1.29, 1.82) is 0 Å². The summed E-state index contributed by atoms with van der Waals surface area (Å²) in [6.07, 6.45) is 0. The molecule has 0 atom stereocenters. The number of aromatic nitrogens is 1. The van der Waals surface area contributed by atoms with Crippen LogP contribution in [0.2, 0.25) is 0 Å². The maximum Gasteiger partial charge on any atom is 0.268 e. The van der Waals surface area contributed by atoms with Gasteiger partial charge in [-0.1, -0.05) is 59.4 Å². The first-order valence-electron chi connectivity index (χ1n) is 7.66. The Bertz CT molecular complexity index is 877. The van der Waals surface area contributed by atoms with E-state index in [1.165, 1.54) is 16.9 Å². The molecule has 3 aromatic rings. The van der Waals surface area contributed by atoms with E-state index in [1.807, 2.05) is 51.1 Å². The van der Waals surface area contributed by atoms with Crippen molar-refractivity contribution in [2.24, 2.45) is 0 Å². The highest BCUT2D eigenvalue weighted by Gasteiger charge is 2.19. The molecule has 1 aromatic heterocycles. The van der Waals surface area contributed by atoms with E-state index in [0.29, 0.717) is 15.7 Å². The summed E-state index contributed by atoms with van der Waals surface area (Å²) in [4.78, 5) is 17.7. The number of nitrogen functional groups attached to an aromatic ring is 1. The standard InChI is InChI=1S/C19H19N3OS/c1-11-9-12(2)15(13(3)10-11)21-18(23)17-16(22-19(20)24-17)14-7-5-4-6-8-14/h4-10H,1-3H3,(H2,20,22)(H,21,23). The molecule has 0 unspecified atom stereocenters. The Hall–Kier alpha value is -2.66. The van der Waals surface area contributed by atoms with Crippen molar-refractivity contribution in [2.75, 3.05) is 11.1 Å². The largest absolute Gasteiger partial charge is 0.375 e. The van der Waals surface area contributed by atoms with Gasteiger partial charge in [-0.15, -0.1) is 0 Å². The molecule has 0 radical (unpaired) electrons. The molecule has 2 aromatic carbocycles. The van der Waals surface area contributed by atoms with Crippen LogP contribution < -0.4 is 11.1 Å². The molecular formula is C19H19N3OS. The van der Waals surface area contributed by atoms with Gasteiger partial charge in [-0.25, -0.2) is 4.98 Å². The van der Waals surface area contributed by atoms with Crippen LogP contribution in [0.5, 0.6) is 0 Å². The fourth-order valence-corrected chi connectivity index (χ4v) is 3.58. The molecule has 0 bridgehead atoms. The zero-order chi connectivity index (χ0) is 17.3. The van der Waals surface area contributed by atoms with Gasteiger partial charge in [0.05, 0.1) is 5.69 Å². The van der Waals surface area contributed by atoms with E-state index in [4.69, 9.17) is 5.73 Å². The molecule has 0 saturated carbocycles. The molecule has 3 N–H and O–H groups in total. The highest BCUT2D eigenvalue weighted by Crippen LogP contribution is 2.31. The van der Waals surface area contributed by atoms with Crippen molar-refractivity contribution in [1.82, 2.24) is 4.98 Å². The molecule has 122 valence electrons. The lowest BCUT2D eigenvalue weighted by molar-refractivity contribution is 0.103. The van der Waals surface area contributed by atoms with Gasteiger partial charge in [0.25, 0.3) is 5.91 Å². The third-order valence-electron chi connectivity index (χ3n) is 3.81. The molecule has 0 spiro atoms. The summed E-state index contributed by atoms with van der Waals surface area (Å²) < 4.78 is 0. The Morgan fingerprint density at radius 2 is 1.71 bits per heavy atom. The monoisotopic (exact) mass is 337 g/mol. The quantitative estimate of drug-likeness (QED) is 0.735. The lowest BCUT2D eigenvalue weighted by Crippen LogP contribution is -2.13. The summed E-state index contributed by atoms with van der Waals surface area (Å²) in [7, 11) is 0. The zero-order valence-corrected chi connectivity index (χ0v) is 14.7. The Kier molecular flexibility index (Phi) is 4.36. The van der Waals surface area contributed by atoms with Gasteiger partial charge in [0.15, 0.2) is 5.13 Å². The van der Waals surface area contributed by atoms with E-state index in [9.17, 15) is 4.79 Å². The fourth-order valence-electron chi connectivity index (χ4n) is 2.83. The van der Waals surface area contributed by atoms with Gasteiger partial charge >= 0.3 is 0 Å². The highest BCUT2D eigenvalue weighted by atomic mass is 32.1. The number of anilines is 2. The van der Waals surface area contributed by atoms with Crippen molar-refractivity contribution in [2.45, 2.75) is 20.8 Å². The summed E-state index contributed by atoms with van der Waals surface area (Å²) >= 11 is 1.21. The normalized spacial score (nSPS) is 10.6. The SMILES string of the molecule is Cc1cc(C)c(NC(=O)c2sc(N)nc2-c2ccccc2)c(C)c1. The van der Waals surface area contributed by atoms with E-state index < -0.39 is 0 Å². The number of hydrogen-bond acceptors (Lipinski definition) is 4. The number of benzene rings is 2. The van der Waals surface area contributed by atoms with E-state index in [0.717, 1.165) is 22.4 Å². The Balaban J connectivity index is 1.98. The topological polar surface area (TPSA) is 68.0 Å². The predicted molar refractivity (Wildman–Crippen MR) is 101 cm³/mol. The average molecular weight is 337 g/mol. The number of carbonyl (C=O) groups excluding carboxylic acids is 1. The molecule has 0 fully saturated rings. The van der Waals surface area contributed by atoms with Crippen molar-refractivity contribution in [3.8, 4) is 11.3 Å². The average Bonchev–Trinajstić information content (AvgIpc) is 2.93. The number of thiazole rings is 1. The van der Waals surface area contributed by atoms with Gasteiger partial charge in [0, 0.05) is 11.3 Å². The van der Waals surface area contributed by atoms with Crippen molar-refractivity contribution < 1.29 is 4.79 Å². The van der Waals surface area contributed by atoms with Crippen molar-refractivity contribution >= 4 is 28.1 Å². The van der Waals surface area contributed by atoms with Crippen LogP contribution in [0.4, 0.5) is 10.8 Å². The Labute approximate surface area is 145 Å². The minimum Gasteiger partial charge on any atom is -0.375 e. The molecule has 0 aliphatic carbocycles. The molecule has 4 nitrogen and oxygen atoms in total. The fraction of sp³-hybridized carbons (Fsp3) is 0.158. The number of hydrogen-bond donors (Lipinski definition) is 2. The van der Waals surface area contributed by atoms with Gasteiger partial charge in [0.2, 0.25) is 0 Å². The maximum absolute atomic E-state index is 12.8. The van der Waals surface area contributed by atoms with Crippen LogP contribution in [0, 0.1) is 20.8 Å². The van der Waals surface area contributed by atoms with Gasteiger partial charge in [-0.3, -0.25) is 4.79 Å². The van der Waals surface area contributed by atoms with Gasteiger partial charge in [0.1, 0.15) is 4.88 Å². The third-order valence-corrected chi connectivity index (χ3v) is 4.70. The first kappa shape index (κ1) is 16.2. The first-order valence-corrected chi connectivity index (χ1v) is 8.48. The van der Waals surface area contributed by atoms with Crippen LogP contribution in [0.25, 0.3) is 11.3 Å². The van der Waals surface area contributed by atoms with E-state index in [-0.39, 0.29) is 5.91 Å². The van der Waals surface area contributed by atoms with Crippen LogP contribution in [0.3, 0.4) is 0 Å². The molecule has 0 saturated heterocycles. The molecule has 1 amide bonds. The predicted octanol–water partition coefficient (Wildman–Crippen LogP) is 4.57. The van der Waals surface area contributed by atoms with Crippen LogP contribution in [0.15, 0.2) is 42.5 Å². The second-order valence-corrected chi connectivity index (χ2v) is 6.85. The third kappa shape index (κ3) is 3.16. The van der Waals surface area contributed by atoms with Crippen LogP contribution >= 0.6 is 11.3 Å². The van der Waals surface area contributed by atoms with Gasteiger partial charge in [-0.2, -0.15) is 0 Å². The smallest absolute Gasteiger partial charge is 0.268 e. The molecule has 24 heavy (non-hydrogen) atoms. The molecule has 3 rings (SSSR count). The second-order valence-electron chi connectivity index (χ2n) is 5.82. The number of aryl methyl sites for hydroxylation is 3. The number of carbonyl (C=O) groups is 1. The van der Waals surface area contributed by atoms with Crippen molar-refractivity contribution in [3.63, 3.8) is 0 Å². The lowest BCUT2D eigenvalue weighted by Gasteiger charge is -2.12. The lowest BCUT2D eigenvalue weighted by atomic mass is 10.0. The van der Waals surface area contributed by atoms with E-state index in [2.05, 4.69) is 22.4 Å². The minimum atomic E-state index is -0.182. The van der Waals surface area contributed by atoms with E-state index in [1.54, 1.807) is 0 Å². The summed E-state index contributed by atoms with van der Waals surface area (Å²) in [5.41, 5.74) is 11.5.